The van der Waals surface area contributed by atoms with Gasteiger partial charge in [-0.3, -0.25) is 0 Å². The van der Waals surface area contributed by atoms with E-state index in [2.05, 4.69) is 10.6 Å². The van der Waals surface area contributed by atoms with Gasteiger partial charge in [-0.1, -0.05) is 25.3 Å². The van der Waals surface area contributed by atoms with Gasteiger partial charge in [-0.05, 0) is 25.0 Å². The number of nitrogens with one attached hydrogen (secondary N) is 2. The molecule has 2 unspecified atom stereocenters. The van der Waals surface area contributed by atoms with Crippen molar-refractivity contribution in [2.45, 2.75) is 38.1 Å². The molecule has 2 atom stereocenters. The van der Waals surface area contributed by atoms with Crippen molar-refractivity contribution in [3.05, 3.63) is 24.3 Å². The van der Waals surface area contributed by atoms with Crippen LogP contribution in [0.15, 0.2) is 24.3 Å². The van der Waals surface area contributed by atoms with Gasteiger partial charge in [0.25, 0.3) is 0 Å². The van der Waals surface area contributed by atoms with E-state index in [0.717, 1.165) is 32.1 Å². The van der Waals surface area contributed by atoms with E-state index in [4.69, 9.17) is 4.74 Å². The number of rotatable bonds is 6. The molecule has 5 nitrogen and oxygen atoms in total. The molecule has 1 aliphatic carbocycles. The van der Waals surface area contributed by atoms with Crippen LogP contribution in [0, 0.1) is 5.92 Å². The summed E-state index contributed by atoms with van der Waals surface area (Å²) < 4.78 is 17.3. The molecule has 0 spiro atoms. The largest absolute Gasteiger partial charge is 0.491 e. The number of amides is 2. The molecule has 128 valence electrons. The zero-order chi connectivity index (χ0) is 16.5. The predicted octanol–water partition coefficient (Wildman–Crippen LogP) is 3.10. The number of anilines is 1. The van der Waals surface area contributed by atoms with Crippen molar-refractivity contribution in [2.75, 3.05) is 25.2 Å². The van der Waals surface area contributed by atoms with Gasteiger partial charge >= 0.3 is 6.03 Å². The minimum absolute atomic E-state index is 0.00406. The van der Waals surface area contributed by atoms with Gasteiger partial charge in [-0.25, -0.2) is 9.18 Å². The minimum Gasteiger partial charge on any atom is -0.491 e. The first kappa shape index (κ1) is 17.5. The minimum atomic E-state index is -0.553. The number of ether oxygens (including phenoxy) is 1. The molecular formula is C17H25FN2O3. The molecule has 2 rings (SSSR count). The van der Waals surface area contributed by atoms with Crippen LogP contribution in [0.5, 0.6) is 5.75 Å². The average molecular weight is 324 g/mol. The molecule has 0 aromatic heterocycles. The van der Waals surface area contributed by atoms with Gasteiger partial charge in [0.15, 0.2) is 0 Å². The fourth-order valence-electron chi connectivity index (χ4n) is 2.95. The van der Waals surface area contributed by atoms with Crippen molar-refractivity contribution in [3.8, 4) is 5.75 Å². The number of halogens is 1. The molecule has 0 aliphatic heterocycles. The zero-order valence-corrected chi connectivity index (χ0v) is 13.3. The highest BCUT2D eigenvalue weighted by Gasteiger charge is 2.24. The van der Waals surface area contributed by atoms with Crippen LogP contribution in [0.25, 0.3) is 0 Å². The summed E-state index contributed by atoms with van der Waals surface area (Å²) in [5.74, 6) is 0.630. The summed E-state index contributed by atoms with van der Waals surface area (Å²) in [4.78, 5) is 12.2. The Labute approximate surface area is 136 Å². The molecule has 2 amide bonds. The first-order valence-electron chi connectivity index (χ1n) is 8.20. The highest BCUT2D eigenvalue weighted by molar-refractivity contribution is 5.89. The SMILES string of the molecule is O=C(Nc1cccc(OCCF)c1)NC1CCCCCC1CO. The lowest BCUT2D eigenvalue weighted by Gasteiger charge is -2.24. The maximum atomic E-state index is 12.2. The number of aliphatic hydroxyl groups is 1. The Bertz CT molecular complexity index is 498. The summed E-state index contributed by atoms with van der Waals surface area (Å²) in [5.41, 5.74) is 0.591. The summed E-state index contributed by atoms with van der Waals surface area (Å²) in [6.07, 6.45) is 5.13. The molecule has 0 bridgehead atoms. The quantitative estimate of drug-likeness (QED) is 0.704. The highest BCUT2D eigenvalue weighted by atomic mass is 19.1. The maximum absolute atomic E-state index is 12.2. The normalized spacial score (nSPS) is 21.3. The molecule has 23 heavy (non-hydrogen) atoms. The second-order valence-corrected chi connectivity index (χ2v) is 5.85. The molecule has 0 saturated heterocycles. The van der Waals surface area contributed by atoms with Crippen LogP contribution in [-0.2, 0) is 0 Å². The number of urea groups is 1. The number of carbonyl (C=O) groups is 1. The first-order chi connectivity index (χ1) is 11.2. The van der Waals surface area contributed by atoms with Crippen LogP contribution in [0.1, 0.15) is 32.1 Å². The molecule has 1 aromatic carbocycles. The lowest BCUT2D eigenvalue weighted by atomic mass is 9.96. The third kappa shape index (κ3) is 5.71. The lowest BCUT2D eigenvalue weighted by Crippen LogP contribution is -2.43. The van der Waals surface area contributed by atoms with Gasteiger partial charge in [0.2, 0.25) is 0 Å². The van der Waals surface area contributed by atoms with Gasteiger partial charge in [0.1, 0.15) is 19.0 Å². The third-order valence-electron chi connectivity index (χ3n) is 4.15. The van der Waals surface area contributed by atoms with Gasteiger partial charge in [0, 0.05) is 30.3 Å². The monoisotopic (exact) mass is 324 g/mol. The van der Waals surface area contributed by atoms with Crippen molar-refractivity contribution in [1.29, 1.82) is 0 Å². The van der Waals surface area contributed by atoms with Crippen LogP contribution >= 0.6 is 0 Å². The number of alkyl halides is 1. The molecular weight excluding hydrogens is 299 g/mol. The summed E-state index contributed by atoms with van der Waals surface area (Å²) in [6, 6.07) is 6.56. The summed E-state index contributed by atoms with van der Waals surface area (Å²) >= 11 is 0. The Balaban J connectivity index is 1.90. The molecule has 1 saturated carbocycles. The number of benzene rings is 1. The highest BCUT2D eigenvalue weighted by Crippen LogP contribution is 2.23. The second-order valence-electron chi connectivity index (χ2n) is 5.85. The topological polar surface area (TPSA) is 70.6 Å². The molecule has 6 heteroatoms. The Hall–Kier alpha value is -1.82. The van der Waals surface area contributed by atoms with Crippen molar-refractivity contribution < 1.29 is 19.0 Å². The van der Waals surface area contributed by atoms with Crippen LogP contribution in [-0.4, -0.2) is 37.1 Å². The standard InChI is InChI=1S/C17H25FN2O3/c18-9-10-23-15-7-4-6-14(11-15)19-17(22)20-16-8-3-1-2-5-13(16)12-21/h4,6-7,11,13,16,21H,1-3,5,8-10,12H2,(H2,19,20,22). The van der Waals surface area contributed by atoms with Gasteiger partial charge in [-0.15, -0.1) is 0 Å². The Kier molecular flexibility index (Phi) is 7.13. The van der Waals surface area contributed by atoms with Gasteiger partial charge < -0.3 is 20.5 Å². The van der Waals surface area contributed by atoms with Crippen LogP contribution in [0.3, 0.4) is 0 Å². The summed E-state index contributed by atoms with van der Waals surface area (Å²) in [6.45, 7) is -0.463. The van der Waals surface area contributed by atoms with Crippen molar-refractivity contribution in [2.24, 2.45) is 5.92 Å². The van der Waals surface area contributed by atoms with E-state index in [1.54, 1.807) is 24.3 Å². The second kappa shape index (κ2) is 9.35. The van der Waals surface area contributed by atoms with E-state index >= 15 is 0 Å². The molecule has 0 heterocycles. The van der Waals surface area contributed by atoms with Gasteiger partial charge in [-0.2, -0.15) is 0 Å². The molecule has 3 N–H and O–H groups in total. The summed E-state index contributed by atoms with van der Waals surface area (Å²) in [5, 5.41) is 15.2. The van der Waals surface area contributed by atoms with Crippen LogP contribution in [0.2, 0.25) is 0 Å². The fraction of sp³-hybridized carbons (Fsp3) is 0.588. The molecule has 0 radical (unpaired) electrons. The number of hydrogen-bond acceptors (Lipinski definition) is 3. The van der Waals surface area contributed by atoms with E-state index in [9.17, 15) is 14.3 Å². The van der Waals surface area contributed by atoms with E-state index in [1.165, 1.54) is 0 Å². The first-order valence-corrected chi connectivity index (χ1v) is 8.20. The Morgan fingerprint density at radius 1 is 1.30 bits per heavy atom. The Morgan fingerprint density at radius 2 is 2.13 bits per heavy atom. The van der Waals surface area contributed by atoms with E-state index in [-0.39, 0.29) is 31.2 Å². The Morgan fingerprint density at radius 3 is 2.91 bits per heavy atom. The van der Waals surface area contributed by atoms with Crippen LogP contribution in [0.4, 0.5) is 14.9 Å². The van der Waals surface area contributed by atoms with Crippen molar-refractivity contribution in [1.82, 2.24) is 5.32 Å². The zero-order valence-electron chi connectivity index (χ0n) is 13.3. The molecule has 1 fully saturated rings. The summed E-state index contributed by atoms with van der Waals surface area (Å²) in [7, 11) is 0. The van der Waals surface area contributed by atoms with Crippen molar-refractivity contribution >= 4 is 11.7 Å². The number of carbonyl (C=O) groups excluding carboxylic acids is 1. The number of hydrogen-bond donors (Lipinski definition) is 3. The smallest absolute Gasteiger partial charge is 0.319 e. The predicted molar refractivity (Wildman–Crippen MR) is 87.5 cm³/mol. The van der Waals surface area contributed by atoms with E-state index in [1.807, 2.05) is 0 Å². The van der Waals surface area contributed by atoms with Crippen LogP contribution < -0.4 is 15.4 Å². The lowest BCUT2D eigenvalue weighted by molar-refractivity contribution is 0.182. The van der Waals surface area contributed by atoms with Crippen molar-refractivity contribution in [3.63, 3.8) is 0 Å². The number of aliphatic hydroxyl groups excluding tert-OH is 1. The van der Waals surface area contributed by atoms with E-state index < -0.39 is 6.67 Å². The average Bonchev–Trinajstić information content (AvgIpc) is 2.78. The third-order valence-corrected chi connectivity index (χ3v) is 4.15. The molecule has 1 aliphatic rings. The maximum Gasteiger partial charge on any atom is 0.319 e. The van der Waals surface area contributed by atoms with Gasteiger partial charge in [0.05, 0.1) is 0 Å². The molecule has 1 aromatic rings. The van der Waals surface area contributed by atoms with E-state index in [0.29, 0.717) is 11.4 Å². The fourth-order valence-corrected chi connectivity index (χ4v) is 2.95.